The van der Waals surface area contributed by atoms with Crippen molar-refractivity contribution in [2.24, 2.45) is 0 Å². The standard InChI is InChI=1S/C12H9ClFN3O/c13-11-10(2-1-3-16-11)17-12(18)7-4-8(14)6-9(15)5-7/h1-6H,15H2,(H,17,18). The van der Waals surface area contributed by atoms with Gasteiger partial charge in [0.05, 0.1) is 5.69 Å². The number of nitrogen functional groups attached to an aromatic ring is 1. The molecule has 0 spiro atoms. The third kappa shape index (κ3) is 2.75. The molecular weight excluding hydrogens is 257 g/mol. The molecule has 6 heteroatoms. The Hall–Kier alpha value is -2.14. The maximum Gasteiger partial charge on any atom is 0.255 e. The summed E-state index contributed by atoms with van der Waals surface area (Å²) in [6.07, 6.45) is 1.50. The molecule has 0 aliphatic heterocycles. The van der Waals surface area contributed by atoms with Crippen LogP contribution in [0.2, 0.25) is 5.15 Å². The van der Waals surface area contributed by atoms with E-state index in [1.807, 2.05) is 0 Å². The molecule has 0 unspecified atom stereocenters. The first-order chi connectivity index (χ1) is 8.56. The first-order valence-corrected chi connectivity index (χ1v) is 5.42. The van der Waals surface area contributed by atoms with Crippen LogP contribution in [0.15, 0.2) is 36.5 Å². The predicted octanol–water partition coefficient (Wildman–Crippen LogP) is 2.71. The second-order valence-corrected chi connectivity index (χ2v) is 3.93. The van der Waals surface area contributed by atoms with Gasteiger partial charge in [-0.05, 0) is 30.3 Å². The Labute approximate surface area is 108 Å². The second-order valence-electron chi connectivity index (χ2n) is 3.57. The van der Waals surface area contributed by atoms with E-state index in [1.54, 1.807) is 12.1 Å². The first-order valence-electron chi connectivity index (χ1n) is 5.04. The Morgan fingerprint density at radius 1 is 1.39 bits per heavy atom. The zero-order chi connectivity index (χ0) is 13.1. The van der Waals surface area contributed by atoms with E-state index in [2.05, 4.69) is 10.3 Å². The second kappa shape index (κ2) is 5.01. The van der Waals surface area contributed by atoms with Gasteiger partial charge in [0.2, 0.25) is 0 Å². The van der Waals surface area contributed by atoms with Gasteiger partial charge in [0, 0.05) is 17.4 Å². The number of nitrogens with two attached hydrogens (primary N) is 1. The number of carbonyl (C=O) groups excluding carboxylic acids is 1. The number of nitrogens with one attached hydrogen (secondary N) is 1. The van der Waals surface area contributed by atoms with Crippen LogP contribution >= 0.6 is 11.6 Å². The van der Waals surface area contributed by atoms with E-state index in [0.29, 0.717) is 5.69 Å². The Morgan fingerprint density at radius 2 is 2.17 bits per heavy atom. The lowest BCUT2D eigenvalue weighted by molar-refractivity contribution is 0.102. The van der Waals surface area contributed by atoms with Gasteiger partial charge in [0.25, 0.3) is 5.91 Å². The maximum atomic E-state index is 13.1. The molecule has 0 saturated heterocycles. The highest BCUT2D eigenvalue weighted by Crippen LogP contribution is 2.19. The van der Waals surface area contributed by atoms with Gasteiger partial charge in [-0.3, -0.25) is 4.79 Å². The maximum absolute atomic E-state index is 13.1. The fourth-order valence-corrected chi connectivity index (χ4v) is 1.58. The summed E-state index contributed by atoms with van der Waals surface area (Å²) in [7, 11) is 0. The molecule has 0 bridgehead atoms. The molecule has 0 aliphatic carbocycles. The van der Waals surface area contributed by atoms with Crippen molar-refractivity contribution in [3.05, 3.63) is 53.1 Å². The highest BCUT2D eigenvalue weighted by Gasteiger charge is 2.10. The van der Waals surface area contributed by atoms with E-state index in [0.717, 1.165) is 12.1 Å². The van der Waals surface area contributed by atoms with Crippen molar-refractivity contribution in [1.82, 2.24) is 4.98 Å². The van der Waals surface area contributed by atoms with Crippen LogP contribution in [0.5, 0.6) is 0 Å². The van der Waals surface area contributed by atoms with Gasteiger partial charge in [0.1, 0.15) is 5.82 Å². The zero-order valence-corrected chi connectivity index (χ0v) is 9.91. The van der Waals surface area contributed by atoms with E-state index in [9.17, 15) is 9.18 Å². The highest BCUT2D eigenvalue weighted by atomic mass is 35.5. The van der Waals surface area contributed by atoms with Crippen molar-refractivity contribution in [3.63, 3.8) is 0 Å². The lowest BCUT2D eigenvalue weighted by Crippen LogP contribution is -2.13. The number of hydrogen-bond acceptors (Lipinski definition) is 3. The van der Waals surface area contributed by atoms with Gasteiger partial charge in [-0.25, -0.2) is 9.37 Å². The molecule has 1 aromatic carbocycles. The van der Waals surface area contributed by atoms with Gasteiger partial charge in [-0.15, -0.1) is 0 Å². The fraction of sp³-hybridized carbons (Fsp3) is 0. The molecule has 1 heterocycles. The van der Waals surface area contributed by atoms with Gasteiger partial charge < -0.3 is 11.1 Å². The number of pyridine rings is 1. The summed E-state index contributed by atoms with van der Waals surface area (Å²) in [6.45, 7) is 0. The van der Waals surface area contributed by atoms with Crippen molar-refractivity contribution in [1.29, 1.82) is 0 Å². The number of hydrogen-bond donors (Lipinski definition) is 2. The van der Waals surface area contributed by atoms with Crippen molar-refractivity contribution in [2.75, 3.05) is 11.1 Å². The fourth-order valence-electron chi connectivity index (χ4n) is 1.42. The van der Waals surface area contributed by atoms with E-state index >= 15 is 0 Å². The Morgan fingerprint density at radius 3 is 2.83 bits per heavy atom. The summed E-state index contributed by atoms with van der Waals surface area (Å²) in [5, 5.41) is 2.69. The molecule has 1 aromatic heterocycles. The zero-order valence-electron chi connectivity index (χ0n) is 9.15. The Balaban J connectivity index is 2.25. The molecule has 2 aromatic rings. The predicted molar refractivity (Wildman–Crippen MR) is 68.0 cm³/mol. The van der Waals surface area contributed by atoms with Crippen LogP contribution in [0.25, 0.3) is 0 Å². The Kier molecular flexibility index (Phi) is 3.43. The molecule has 0 atom stereocenters. The van der Waals surface area contributed by atoms with Crippen LogP contribution in [0, 0.1) is 5.82 Å². The lowest BCUT2D eigenvalue weighted by atomic mass is 10.2. The summed E-state index contributed by atoms with van der Waals surface area (Å²) < 4.78 is 13.1. The third-order valence-corrected chi connectivity index (χ3v) is 2.49. The van der Waals surface area contributed by atoms with E-state index in [-0.39, 0.29) is 16.4 Å². The van der Waals surface area contributed by atoms with Gasteiger partial charge in [-0.2, -0.15) is 0 Å². The largest absolute Gasteiger partial charge is 0.399 e. The summed E-state index contributed by atoms with van der Waals surface area (Å²) in [6, 6.07) is 6.82. The van der Waals surface area contributed by atoms with Crippen molar-refractivity contribution < 1.29 is 9.18 Å². The number of halogens is 2. The van der Waals surface area contributed by atoms with Crippen LogP contribution in [0.1, 0.15) is 10.4 Å². The molecule has 1 amide bonds. The van der Waals surface area contributed by atoms with Gasteiger partial charge >= 0.3 is 0 Å². The lowest BCUT2D eigenvalue weighted by Gasteiger charge is -2.07. The molecule has 4 nitrogen and oxygen atoms in total. The molecule has 0 fully saturated rings. The van der Waals surface area contributed by atoms with Crippen LogP contribution in [0.4, 0.5) is 15.8 Å². The van der Waals surface area contributed by atoms with E-state index in [1.165, 1.54) is 12.3 Å². The van der Waals surface area contributed by atoms with Gasteiger partial charge in [0.15, 0.2) is 5.15 Å². The molecule has 2 rings (SSSR count). The topological polar surface area (TPSA) is 68.0 Å². The highest BCUT2D eigenvalue weighted by molar-refractivity contribution is 6.32. The molecule has 0 saturated carbocycles. The van der Waals surface area contributed by atoms with Gasteiger partial charge in [-0.1, -0.05) is 11.6 Å². The van der Waals surface area contributed by atoms with Crippen LogP contribution in [-0.2, 0) is 0 Å². The van der Waals surface area contributed by atoms with Crippen molar-refractivity contribution in [3.8, 4) is 0 Å². The van der Waals surface area contributed by atoms with Crippen LogP contribution in [0.3, 0.4) is 0 Å². The average molecular weight is 266 g/mol. The summed E-state index contributed by atoms with van der Waals surface area (Å²) in [5.41, 5.74) is 6.11. The summed E-state index contributed by atoms with van der Waals surface area (Å²) >= 11 is 5.79. The number of benzene rings is 1. The first kappa shape index (κ1) is 12.3. The van der Waals surface area contributed by atoms with E-state index in [4.69, 9.17) is 17.3 Å². The minimum absolute atomic E-state index is 0.118. The molecular formula is C12H9ClFN3O. The number of aromatic nitrogens is 1. The minimum Gasteiger partial charge on any atom is -0.399 e. The average Bonchev–Trinajstić information content (AvgIpc) is 2.31. The molecule has 0 radical (unpaired) electrons. The van der Waals surface area contributed by atoms with Crippen molar-refractivity contribution in [2.45, 2.75) is 0 Å². The van der Waals surface area contributed by atoms with Crippen LogP contribution < -0.4 is 11.1 Å². The SMILES string of the molecule is Nc1cc(F)cc(C(=O)Nc2cccnc2Cl)c1. The Bertz CT molecular complexity index is 583. The summed E-state index contributed by atoms with van der Waals surface area (Å²) in [4.78, 5) is 15.7. The van der Waals surface area contributed by atoms with Crippen molar-refractivity contribution >= 4 is 28.9 Å². The molecule has 92 valence electrons. The smallest absolute Gasteiger partial charge is 0.255 e. The molecule has 0 aliphatic rings. The monoisotopic (exact) mass is 265 g/mol. The number of rotatable bonds is 2. The third-order valence-electron chi connectivity index (χ3n) is 2.19. The van der Waals surface area contributed by atoms with Crippen LogP contribution in [-0.4, -0.2) is 10.9 Å². The number of nitrogens with zero attached hydrogens (tertiary/aromatic N) is 1. The normalized spacial score (nSPS) is 10.1. The number of carbonyl (C=O) groups is 1. The minimum atomic E-state index is -0.572. The van der Waals surface area contributed by atoms with E-state index < -0.39 is 11.7 Å². The quantitative estimate of drug-likeness (QED) is 0.648. The number of anilines is 2. The molecule has 3 N–H and O–H groups in total. The molecule has 18 heavy (non-hydrogen) atoms. The summed E-state index contributed by atoms with van der Waals surface area (Å²) in [5.74, 6) is -1.08. The number of amides is 1.